The minimum absolute atomic E-state index is 0.0701. The molecule has 1 atom stereocenters. The smallest absolute Gasteiger partial charge is 0.230 e. The molecule has 4 aliphatic rings. The van der Waals surface area contributed by atoms with Crippen molar-refractivity contribution in [2.45, 2.75) is 51.4 Å². The number of piperidine rings is 1. The Morgan fingerprint density at radius 1 is 1.04 bits per heavy atom. The molecule has 0 bridgehead atoms. The maximum absolute atomic E-state index is 13.2. The van der Waals surface area contributed by atoms with Crippen LogP contribution in [0.1, 0.15) is 51.4 Å². The summed E-state index contributed by atoms with van der Waals surface area (Å²) in [7, 11) is -2.96. The summed E-state index contributed by atoms with van der Waals surface area (Å²) in [5.74, 6) is 1.07. The number of carbonyl (C=O) groups excluding carboxylic acids is 2. The summed E-state index contributed by atoms with van der Waals surface area (Å²) in [6.45, 7) is 2.95. The monoisotopic (exact) mass is 382 g/mol. The van der Waals surface area contributed by atoms with Gasteiger partial charge in [-0.05, 0) is 50.9 Å². The summed E-state index contributed by atoms with van der Waals surface area (Å²) in [6.07, 6.45) is 7.33. The second-order valence-electron chi connectivity index (χ2n) is 8.87. The third-order valence-corrected chi connectivity index (χ3v) is 8.81. The predicted molar refractivity (Wildman–Crippen MR) is 98.2 cm³/mol. The molecule has 146 valence electrons. The van der Waals surface area contributed by atoms with E-state index in [2.05, 4.69) is 4.90 Å². The molecule has 3 saturated heterocycles. The third kappa shape index (κ3) is 3.39. The molecular formula is C19H30N2O4S. The first-order chi connectivity index (χ1) is 12.4. The normalized spacial score (nSPS) is 32.8. The van der Waals surface area contributed by atoms with Crippen molar-refractivity contribution in [1.82, 2.24) is 9.80 Å². The SMILES string of the molecule is O=C(C1CCS(=O)(=O)CC1)N1CC[C@]2(CCCN(CC3CCC3)C2=O)C1. The zero-order chi connectivity index (χ0) is 18.4. The average Bonchev–Trinajstić information content (AvgIpc) is 2.99. The molecule has 4 rings (SSSR count). The van der Waals surface area contributed by atoms with Crippen molar-refractivity contribution < 1.29 is 18.0 Å². The van der Waals surface area contributed by atoms with Gasteiger partial charge in [-0.1, -0.05) is 6.42 Å². The van der Waals surface area contributed by atoms with E-state index in [0.29, 0.717) is 31.8 Å². The average molecular weight is 383 g/mol. The molecule has 0 N–H and O–H groups in total. The number of hydrogen-bond donors (Lipinski definition) is 0. The van der Waals surface area contributed by atoms with E-state index in [-0.39, 0.29) is 34.7 Å². The lowest BCUT2D eigenvalue weighted by atomic mass is 9.77. The molecule has 0 unspecified atom stereocenters. The second-order valence-corrected chi connectivity index (χ2v) is 11.2. The molecule has 26 heavy (non-hydrogen) atoms. The Balaban J connectivity index is 1.38. The molecule has 4 fully saturated rings. The Labute approximate surface area is 156 Å². The summed E-state index contributed by atoms with van der Waals surface area (Å²) < 4.78 is 23.2. The summed E-state index contributed by atoms with van der Waals surface area (Å²) in [5, 5.41) is 0. The Morgan fingerprint density at radius 2 is 1.77 bits per heavy atom. The van der Waals surface area contributed by atoms with Crippen molar-refractivity contribution in [3.8, 4) is 0 Å². The standard InChI is InChI=1S/C19H30N2O4S/c22-17(16-5-11-26(24,25)12-6-16)21-10-8-19(14-21)7-2-9-20(18(19)23)13-15-3-1-4-15/h15-16H,1-14H2/t19-/m1/s1. The van der Waals surface area contributed by atoms with Crippen molar-refractivity contribution in [3.63, 3.8) is 0 Å². The van der Waals surface area contributed by atoms with Gasteiger partial charge in [0.1, 0.15) is 9.84 Å². The quantitative estimate of drug-likeness (QED) is 0.740. The van der Waals surface area contributed by atoms with Crippen LogP contribution in [0.25, 0.3) is 0 Å². The van der Waals surface area contributed by atoms with Crippen LogP contribution in [-0.2, 0) is 19.4 Å². The highest BCUT2D eigenvalue weighted by Crippen LogP contribution is 2.42. The molecule has 0 aromatic rings. The number of carbonyl (C=O) groups is 2. The molecule has 1 spiro atoms. The van der Waals surface area contributed by atoms with Crippen molar-refractivity contribution in [2.24, 2.45) is 17.3 Å². The highest BCUT2D eigenvalue weighted by Gasteiger charge is 2.50. The Bertz CT molecular complexity index is 674. The van der Waals surface area contributed by atoms with Gasteiger partial charge in [0.15, 0.2) is 0 Å². The number of hydrogen-bond acceptors (Lipinski definition) is 4. The van der Waals surface area contributed by atoms with Crippen molar-refractivity contribution in [1.29, 1.82) is 0 Å². The first-order valence-electron chi connectivity index (χ1n) is 10.2. The van der Waals surface area contributed by atoms with Crippen LogP contribution in [0, 0.1) is 17.3 Å². The van der Waals surface area contributed by atoms with Gasteiger partial charge in [0.05, 0.1) is 16.9 Å². The van der Waals surface area contributed by atoms with E-state index in [9.17, 15) is 18.0 Å². The van der Waals surface area contributed by atoms with Gasteiger partial charge < -0.3 is 9.80 Å². The highest BCUT2D eigenvalue weighted by molar-refractivity contribution is 7.91. The first kappa shape index (κ1) is 18.3. The molecular weight excluding hydrogens is 352 g/mol. The fourth-order valence-corrected chi connectivity index (χ4v) is 6.64. The van der Waals surface area contributed by atoms with Crippen LogP contribution in [0.4, 0.5) is 0 Å². The molecule has 7 heteroatoms. The maximum Gasteiger partial charge on any atom is 0.230 e. The van der Waals surface area contributed by atoms with Gasteiger partial charge in [-0.3, -0.25) is 9.59 Å². The molecule has 1 saturated carbocycles. The van der Waals surface area contributed by atoms with E-state index < -0.39 is 9.84 Å². The summed E-state index contributed by atoms with van der Waals surface area (Å²) in [4.78, 5) is 29.9. The number of sulfone groups is 1. The van der Waals surface area contributed by atoms with E-state index >= 15 is 0 Å². The fraction of sp³-hybridized carbons (Fsp3) is 0.895. The predicted octanol–water partition coefficient (Wildman–Crippen LogP) is 1.45. The minimum atomic E-state index is -2.96. The van der Waals surface area contributed by atoms with Crippen LogP contribution in [-0.4, -0.2) is 67.7 Å². The highest BCUT2D eigenvalue weighted by atomic mass is 32.2. The van der Waals surface area contributed by atoms with Gasteiger partial charge in [0, 0.05) is 32.1 Å². The first-order valence-corrected chi connectivity index (χ1v) is 12.0. The molecule has 1 aliphatic carbocycles. The van der Waals surface area contributed by atoms with Crippen LogP contribution in [0.2, 0.25) is 0 Å². The van der Waals surface area contributed by atoms with Crippen molar-refractivity contribution in [3.05, 3.63) is 0 Å². The van der Waals surface area contributed by atoms with Gasteiger partial charge in [-0.2, -0.15) is 0 Å². The zero-order valence-corrected chi connectivity index (χ0v) is 16.3. The van der Waals surface area contributed by atoms with E-state index in [1.165, 1.54) is 19.3 Å². The zero-order valence-electron chi connectivity index (χ0n) is 15.5. The van der Waals surface area contributed by atoms with Gasteiger partial charge in [0.2, 0.25) is 11.8 Å². The molecule has 3 aliphatic heterocycles. The molecule has 0 aromatic carbocycles. The van der Waals surface area contributed by atoms with E-state index in [1.807, 2.05) is 4.90 Å². The molecule has 0 aromatic heterocycles. The Morgan fingerprint density at radius 3 is 2.42 bits per heavy atom. The second kappa shape index (κ2) is 6.80. The fourth-order valence-electron chi connectivity index (χ4n) is 5.15. The summed E-state index contributed by atoms with van der Waals surface area (Å²) in [6, 6.07) is 0. The lowest BCUT2D eigenvalue weighted by molar-refractivity contribution is -0.147. The van der Waals surface area contributed by atoms with Crippen LogP contribution in [0.5, 0.6) is 0 Å². The number of nitrogens with zero attached hydrogens (tertiary/aromatic N) is 2. The molecule has 2 amide bonds. The molecule has 6 nitrogen and oxygen atoms in total. The summed E-state index contributed by atoms with van der Waals surface area (Å²) >= 11 is 0. The van der Waals surface area contributed by atoms with Gasteiger partial charge >= 0.3 is 0 Å². The molecule has 3 heterocycles. The number of likely N-dealkylation sites (tertiary alicyclic amines) is 2. The Kier molecular flexibility index (Phi) is 4.78. The van der Waals surface area contributed by atoms with Crippen LogP contribution in [0.15, 0.2) is 0 Å². The van der Waals surface area contributed by atoms with Crippen molar-refractivity contribution in [2.75, 3.05) is 37.7 Å². The topological polar surface area (TPSA) is 74.8 Å². The van der Waals surface area contributed by atoms with Gasteiger partial charge in [0.25, 0.3) is 0 Å². The number of rotatable bonds is 3. The van der Waals surface area contributed by atoms with Crippen LogP contribution in [0.3, 0.4) is 0 Å². The largest absolute Gasteiger partial charge is 0.342 e. The third-order valence-electron chi connectivity index (χ3n) is 7.10. The van der Waals surface area contributed by atoms with E-state index in [4.69, 9.17) is 0 Å². The lowest BCUT2D eigenvalue weighted by Crippen LogP contribution is -2.52. The van der Waals surface area contributed by atoms with E-state index in [1.54, 1.807) is 0 Å². The maximum atomic E-state index is 13.2. The molecule has 0 radical (unpaired) electrons. The number of amides is 2. The van der Waals surface area contributed by atoms with Gasteiger partial charge in [-0.25, -0.2) is 8.42 Å². The lowest BCUT2D eigenvalue weighted by Gasteiger charge is -2.42. The Hall–Kier alpha value is -1.11. The summed E-state index contributed by atoms with van der Waals surface area (Å²) in [5.41, 5.74) is -0.377. The van der Waals surface area contributed by atoms with Gasteiger partial charge in [-0.15, -0.1) is 0 Å². The van der Waals surface area contributed by atoms with Crippen LogP contribution < -0.4 is 0 Å². The van der Waals surface area contributed by atoms with Crippen molar-refractivity contribution >= 4 is 21.7 Å². The van der Waals surface area contributed by atoms with Crippen LogP contribution >= 0.6 is 0 Å². The van der Waals surface area contributed by atoms with E-state index in [0.717, 1.165) is 32.4 Å². The minimum Gasteiger partial charge on any atom is -0.342 e.